The molecule has 1 rings (SSSR count). The van der Waals surface area contributed by atoms with Crippen LogP contribution in [0.25, 0.3) is 0 Å². The molecule has 3 nitrogen and oxygen atoms in total. The third-order valence-corrected chi connectivity index (χ3v) is 2.40. The summed E-state index contributed by atoms with van der Waals surface area (Å²) >= 11 is 11.3. The molecule has 0 bridgehead atoms. The summed E-state index contributed by atoms with van der Waals surface area (Å²) in [7, 11) is 0.988. The second-order valence-corrected chi connectivity index (χ2v) is 3.72. The fourth-order valence-electron chi connectivity index (χ4n) is 1.03. The molecule has 0 aromatic heterocycles. The van der Waals surface area contributed by atoms with Crippen LogP contribution in [-0.2, 0) is 9.53 Å². The summed E-state index contributed by atoms with van der Waals surface area (Å²) in [4.78, 5) is 22.3. The van der Waals surface area contributed by atoms with Gasteiger partial charge in [0.2, 0.25) is 5.78 Å². The third-order valence-electron chi connectivity index (χ3n) is 1.83. The maximum absolute atomic E-state index is 13.3. The lowest BCUT2D eigenvalue weighted by Crippen LogP contribution is -2.27. The normalized spacial score (nSPS) is 12.0. The van der Waals surface area contributed by atoms with Crippen molar-refractivity contribution >= 4 is 35.0 Å². The maximum atomic E-state index is 13.3. The third kappa shape index (κ3) is 2.71. The van der Waals surface area contributed by atoms with E-state index in [9.17, 15) is 14.0 Å². The molecule has 6 heteroatoms. The van der Waals surface area contributed by atoms with Gasteiger partial charge in [0.1, 0.15) is 0 Å². The van der Waals surface area contributed by atoms with Crippen LogP contribution in [0.4, 0.5) is 4.39 Å². The Labute approximate surface area is 101 Å². The molecule has 1 aromatic rings. The highest BCUT2D eigenvalue weighted by molar-refractivity contribution is 6.36. The molecular formula is C10H7Cl2FO3. The van der Waals surface area contributed by atoms with Crippen LogP contribution in [-0.4, -0.2) is 25.0 Å². The standard InChI is InChI=1S/C10H7Cl2FO3/c1-16-10(15)8(13)9(14)6-4-5(11)2-3-7(6)12/h2-4,8H,1H3. The first-order valence-corrected chi connectivity index (χ1v) is 4.94. The van der Waals surface area contributed by atoms with E-state index in [1.165, 1.54) is 18.2 Å². The number of carbonyl (C=O) groups is 2. The van der Waals surface area contributed by atoms with Crippen molar-refractivity contribution in [1.29, 1.82) is 0 Å². The van der Waals surface area contributed by atoms with E-state index in [-0.39, 0.29) is 15.6 Å². The molecule has 0 fully saturated rings. The van der Waals surface area contributed by atoms with Crippen molar-refractivity contribution in [2.24, 2.45) is 0 Å². The molecule has 0 saturated carbocycles. The van der Waals surface area contributed by atoms with Gasteiger partial charge >= 0.3 is 5.97 Å². The lowest BCUT2D eigenvalue weighted by molar-refractivity contribution is -0.144. The molecular weight excluding hydrogens is 258 g/mol. The van der Waals surface area contributed by atoms with E-state index in [2.05, 4.69) is 4.74 Å². The molecule has 0 spiro atoms. The van der Waals surface area contributed by atoms with Crippen LogP contribution in [0.1, 0.15) is 10.4 Å². The Morgan fingerprint density at radius 3 is 2.56 bits per heavy atom. The first-order valence-electron chi connectivity index (χ1n) is 4.18. The SMILES string of the molecule is COC(=O)C(F)C(=O)c1cc(Cl)ccc1Cl. The van der Waals surface area contributed by atoms with E-state index in [1.54, 1.807) is 0 Å². The number of benzene rings is 1. The Balaban J connectivity index is 3.05. The van der Waals surface area contributed by atoms with Gasteiger partial charge in [-0.05, 0) is 18.2 Å². The number of ether oxygens (including phenoxy) is 1. The molecule has 86 valence electrons. The van der Waals surface area contributed by atoms with Crippen LogP contribution in [0.2, 0.25) is 10.0 Å². The van der Waals surface area contributed by atoms with Crippen LogP contribution in [0.3, 0.4) is 0 Å². The predicted molar refractivity (Wildman–Crippen MR) is 57.7 cm³/mol. The van der Waals surface area contributed by atoms with E-state index in [0.29, 0.717) is 0 Å². The minimum Gasteiger partial charge on any atom is -0.467 e. The van der Waals surface area contributed by atoms with Gasteiger partial charge in [-0.25, -0.2) is 9.18 Å². The van der Waals surface area contributed by atoms with Crippen LogP contribution >= 0.6 is 23.2 Å². The molecule has 0 saturated heterocycles. The second-order valence-electron chi connectivity index (χ2n) is 2.87. The molecule has 0 aliphatic rings. The van der Waals surface area contributed by atoms with Crippen molar-refractivity contribution in [3.05, 3.63) is 33.8 Å². The number of ketones is 1. The zero-order valence-electron chi connectivity index (χ0n) is 8.17. The van der Waals surface area contributed by atoms with Crippen molar-refractivity contribution in [2.45, 2.75) is 6.17 Å². The zero-order chi connectivity index (χ0) is 12.3. The van der Waals surface area contributed by atoms with E-state index in [4.69, 9.17) is 23.2 Å². The Hall–Kier alpha value is -1.13. The number of methoxy groups -OCH3 is 1. The maximum Gasteiger partial charge on any atom is 0.348 e. The Kier molecular flexibility index (Phi) is 4.26. The van der Waals surface area contributed by atoms with Crippen LogP contribution < -0.4 is 0 Å². The molecule has 1 unspecified atom stereocenters. The number of hydrogen-bond acceptors (Lipinski definition) is 3. The Bertz CT molecular complexity index is 434. The second kappa shape index (κ2) is 5.27. The van der Waals surface area contributed by atoms with Crippen molar-refractivity contribution in [1.82, 2.24) is 0 Å². The fourth-order valence-corrected chi connectivity index (χ4v) is 1.42. The first kappa shape index (κ1) is 12.9. The van der Waals surface area contributed by atoms with Gasteiger partial charge in [-0.3, -0.25) is 4.79 Å². The van der Waals surface area contributed by atoms with Gasteiger partial charge in [-0.2, -0.15) is 0 Å². The Morgan fingerprint density at radius 2 is 2.00 bits per heavy atom. The summed E-state index contributed by atoms with van der Waals surface area (Å²) in [6.07, 6.45) is -2.39. The molecule has 0 N–H and O–H groups in total. The number of hydrogen-bond donors (Lipinski definition) is 0. The monoisotopic (exact) mass is 264 g/mol. The van der Waals surface area contributed by atoms with Gasteiger partial charge in [0.15, 0.2) is 0 Å². The van der Waals surface area contributed by atoms with Crippen LogP contribution in [0, 0.1) is 0 Å². The van der Waals surface area contributed by atoms with E-state index < -0.39 is 17.9 Å². The van der Waals surface area contributed by atoms with Crippen molar-refractivity contribution in [3.63, 3.8) is 0 Å². The number of rotatable bonds is 3. The molecule has 1 atom stereocenters. The van der Waals surface area contributed by atoms with Gasteiger partial charge in [0, 0.05) is 10.6 Å². The number of alkyl halides is 1. The van der Waals surface area contributed by atoms with Gasteiger partial charge in [-0.15, -0.1) is 0 Å². The molecule has 0 aliphatic carbocycles. The summed E-state index contributed by atoms with van der Waals surface area (Å²) in [6, 6.07) is 3.99. The van der Waals surface area contributed by atoms with Crippen molar-refractivity contribution in [2.75, 3.05) is 7.11 Å². The highest BCUT2D eigenvalue weighted by Gasteiger charge is 2.29. The predicted octanol–water partition coefficient (Wildman–Crippen LogP) is 2.69. The van der Waals surface area contributed by atoms with Gasteiger partial charge in [0.05, 0.1) is 12.1 Å². The summed E-state index contributed by atoms with van der Waals surface area (Å²) < 4.78 is 17.4. The van der Waals surface area contributed by atoms with E-state index in [0.717, 1.165) is 7.11 Å². The average Bonchev–Trinajstić information content (AvgIpc) is 2.29. The van der Waals surface area contributed by atoms with E-state index >= 15 is 0 Å². The van der Waals surface area contributed by atoms with Gasteiger partial charge in [0.25, 0.3) is 6.17 Å². The Morgan fingerprint density at radius 1 is 1.38 bits per heavy atom. The van der Waals surface area contributed by atoms with Crippen LogP contribution in [0.15, 0.2) is 18.2 Å². The van der Waals surface area contributed by atoms with E-state index in [1.807, 2.05) is 0 Å². The summed E-state index contributed by atoms with van der Waals surface area (Å²) in [6.45, 7) is 0. The molecule has 0 radical (unpaired) electrons. The smallest absolute Gasteiger partial charge is 0.348 e. The van der Waals surface area contributed by atoms with Crippen LogP contribution in [0.5, 0.6) is 0 Å². The highest BCUT2D eigenvalue weighted by Crippen LogP contribution is 2.22. The minimum absolute atomic E-state index is 0.0287. The van der Waals surface area contributed by atoms with Crippen molar-refractivity contribution < 1.29 is 18.7 Å². The lowest BCUT2D eigenvalue weighted by atomic mass is 10.1. The number of carbonyl (C=O) groups excluding carboxylic acids is 2. The first-order chi connectivity index (χ1) is 7.47. The van der Waals surface area contributed by atoms with Gasteiger partial charge in [-0.1, -0.05) is 23.2 Å². The minimum atomic E-state index is -2.39. The number of Topliss-reactive ketones (excluding diaryl/α,β-unsaturated/α-hetero) is 1. The van der Waals surface area contributed by atoms with Crippen molar-refractivity contribution in [3.8, 4) is 0 Å². The molecule has 0 amide bonds. The summed E-state index contributed by atoms with van der Waals surface area (Å²) in [5.74, 6) is -2.33. The van der Waals surface area contributed by atoms with Gasteiger partial charge < -0.3 is 4.74 Å². The molecule has 0 aliphatic heterocycles. The molecule has 1 aromatic carbocycles. The average molecular weight is 265 g/mol. The summed E-state index contributed by atoms with van der Waals surface area (Å²) in [5.41, 5.74) is -0.146. The topological polar surface area (TPSA) is 43.4 Å². The largest absolute Gasteiger partial charge is 0.467 e. The molecule has 16 heavy (non-hydrogen) atoms. The number of halogens is 3. The lowest BCUT2D eigenvalue weighted by Gasteiger charge is -2.07. The quantitative estimate of drug-likeness (QED) is 0.479. The number of esters is 1. The highest BCUT2D eigenvalue weighted by atomic mass is 35.5. The molecule has 0 heterocycles. The summed E-state index contributed by atoms with van der Waals surface area (Å²) in [5, 5.41) is 0.255. The zero-order valence-corrected chi connectivity index (χ0v) is 9.68. The fraction of sp³-hybridized carbons (Fsp3) is 0.200.